The molecule has 3 N–H and O–H groups in total. The zero-order valence-electron chi connectivity index (χ0n) is 16.7. The molecule has 0 spiro atoms. The number of hydrogen-bond donors (Lipinski definition) is 2. The Morgan fingerprint density at radius 2 is 1.94 bits per heavy atom. The zero-order valence-corrected chi connectivity index (χ0v) is 16.7. The second-order valence-electron chi connectivity index (χ2n) is 7.34. The molecule has 0 atom stereocenters. The van der Waals surface area contributed by atoms with Gasteiger partial charge in [0.2, 0.25) is 5.95 Å². The van der Waals surface area contributed by atoms with Crippen molar-refractivity contribution in [2.24, 2.45) is 0 Å². The van der Waals surface area contributed by atoms with E-state index in [9.17, 15) is 9.18 Å². The van der Waals surface area contributed by atoms with Gasteiger partial charge in [0, 0.05) is 36.9 Å². The van der Waals surface area contributed by atoms with Crippen molar-refractivity contribution in [1.82, 2.24) is 19.7 Å². The van der Waals surface area contributed by atoms with Crippen molar-refractivity contribution in [2.45, 2.75) is 6.54 Å². The Hall–Kier alpha value is -3.72. The van der Waals surface area contributed by atoms with E-state index >= 15 is 0 Å². The summed E-state index contributed by atoms with van der Waals surface area (Å²) in [6, 6.07) is 12.6. The minimum atomic E-state index is -0.486. The summed E-state index contributed by atoms with van der Waals surface area (Å²) in [5.74, 6) is -0.762. The van der Waals surface area contributed by atoms with Crippen molar-refractivity contribution in [3.8, 4) is 0 Å². The van der Waals surface area contributed by atoms with Gasteiger partial charge in [-0.2, -0.15) is 0 Å². The predicted octanol–water partition coefficient (Wildman–Crippen LogP) is 2.37. The molecule has 158 valence electrons. The summed E-state index contributed by atoms with van der Waals surface area (Å²) in [6.45, 7) is 3.35. The van der Waals surface area contributed by atoms with Crippen molar-refractivity contribution in [3.63, 3.8) is 0 Å². The summed E-state index contributed by atoms with van der Waals surface area (Å²) >= 11 is 0. The first-order chi connectivity index (χ1) is 15.1. The number of nitrogens with two attached hydrogens (primary N) is 1. The van der Waals surface area contributed by atoms with E-state index < -0.39 is 5.82 Å². The molecule has 4 aromatic rings. The number of ether oxygens (including phenoxy) is 1. The van der Waals surface area contributed by atoms with Gasteiger partial charge in [-0.25, -0.2) is 14.4 Å². The quantitative estimate of drug-likeness (QED) is 0.526. The van der Waals surface area contributed by atoms with Crippen LogP contribution in [0.3, 0.4) is 0 Å². The van der Waals surface area contributed by atoms with Gasteiger partial charge >= 0.3 is 0 Å². The number of nitrogens with one attached hydrogen (secondary N) is 1. The molecular formula is C22H21FN6O2. The molecule has 0 saturated carbocycles. The maximum Gasteiger partial charge on any atom is 0.271 e. The number of fused-ring (bicyclic) bond motifs is 3. The van der Waals surface area contributed by atoms with Gasteiger partial charge in [-0.1, -0.05) is 24.3 Å². The lowest BCUT2D eigenvalue weighted by Crippen LogP contribution is -2.37. The molecular weight excluding hydrogens is 399 g/mol. The minimum Gasteiger partial charge on any atom is -0.378 e. The van der Waals surface area contributed by atoms with Gasteiger partial charge in [0.1, 0.15) is 22.7 Å². The molecule has 9 heteroatoms. The van der Waals surface area contributed by atoms with Crippen molar-refractivity contribution >= 4 is 34.1 Å². The molecule has 2 aromatic carbocycles. The molecule has 31 heavy (non-hydrogen) atoms. The predicted molar refractivity (Wildman–Crippen MR) is 116 cm³/mol. The molecule has 0 bridgehead atoms. The number of nitrogen functional groups attached to an aromatic ring is 1. The maximum absolute atomic E-state index is 14.1. The first kappa shape index (κ1) is 19.3. The lowest BCUT2D eigenvalue weighted by molar-refractivity contribution is 0.0946. The molecule has 1 fully saturated rings. The average Bonchev–Trinajstić information content (AvgIpc) is 3.26. The number of halogens is 1. The number of benzene rings is 2. The second-order valence-corrected chi connectivity index (χ2v) is 7.34. The van der Waals surface area contributed by atoms with Crippen LogP contribution in [0.15, 0.2) is 48.7 Å². The average molecular weight is 420 g/mol. The SMILES string of the molecule is Nc1nc2c(F)cccc2c2nc(C(=O)NCc3ccccc3N3CCOCC3)cn12. The molecule has 5 rings (SSSR count). The molecule has 0 unspecified atom stereocenters. The Labute approximate surface area is 177 Å². The van der Waals surface area contributed by atoms with Crippen LogP contribution in [0.4, 0.5) is 16.0 Å². The fourth-order valence-electron chi connectivity index (χ4n) is 3.87. The van der Waals surface area contributed by atoms with Gasteiger partial charge in [0.15, 0.2) is 0 Å². The molecule has 0 aliphatic carbocycles. The minimum absolute atomic E-state index is 0.0665. The van der Waals surface area contributed by atoms with Gasteiger partial charge in [-0.3, -0.25) is 9.20 Å². The van der Waals surface area contributed by atoms with Gasteiger partial charge in [0.25, 0.3) is 5.91 Å². The third-order valence-electron chi connectivity index (χ3n) is 5.42. The number of amides is 1. The number of hydrogen-bond acceptors (Lipinski definition) is 6. The smallest absolute Gasteiger partial charge is 0.271 e. The fraction of sp³-hybridized carbons (Fsp3) is 0.227. The second kappa shape index (κ2) is 7.84. The van der Waals surface area contributed by atoms with Crippen LogP contribution in [0, 0.1) is 5.82 Å². The standard InChI is InChI=1S/C22H21FN6O2/c23-16-6-3-5-15-19(16)27-22(24)29-13-17(26-20(15)29)21(30)25-12-14-4-1-2-7-18(14)28-8-10-31-11-9-28/h1-7,13H,8-12H2,(H2,24,27)(H,25,30). The van der Waals surface area contributed by atoms with Crippen molar-refractivity contribution in [3.05, 3.63) is 65.7 Å². The van der Waals surface area contributed by atoms with Crippen LogP contribution in [0.2, 0.25) is 0 Å². The number of rotatable bonds is 4. The summed E-state index contributed by atoms with van der Waals surface area (Å²) < 4.78 is 21.0. The fourth-order valence-corrected chi connectivity index (χ4v) is 3.87. The number of anilines is 2. The highest BCUT2D eigenvalue weighted by Gasteiger charge is 2.18. The number of morpholine rings is 1. The number of carbonyl (C=O) groups is 1. The molecule has 2 aromatic heterocycles. The monoisotopic (exact) mass is 420 g/mol. The Morgan fingerprint density at radius 3 is 2.77 bits per heavy atom. The van der Waals surface area contributed by atoms with Crippen LogP contribution in [0.5, 0.6) is 0 Å². The lowest BCUT2D eigenvalue weighted by Gasteiger charge is -2.30. The molecule has 1 aliphatic rings. The zero-order chi connectivity index (χ0) is 21.4. The number of carbonyl (C=O) groups excluding carboxylic acids is 1. The molecule has 1 amide bonds. The lowest BCUT2D eigenvalue weighted by atomic mass is 10.1. The van der Waals surface area contributed by atoms with Gasteiger partial charge < -0.3 is 20.7 Å². The number of nitrogens with zero attached hydrogens (tertiary/aromatic N) is 4. The van der Waals surface area contributed by atoms with Crippen molar-refractivity contribution < 1.29 is 13.9 Å². The highest BCUT2D eigenvalue weighted by molar-refractivity contribution is 5.97. The van der Waals surface area contributed by atoms with E-state index in [0.29, 0.717) is 30.8 Å². The van der Waals surface area contributed by atoms with E-state index in [2.05, 4.69) is 20.2 Å². The van der Waals surface area contributed by atoms with Crippen LogP contribution in [-0.4, -0.2) is 46.6 Å². The number of aromatic nitrogens is 3. The van der Waals surface area contributed by atoms with Crippen molar-refractivity contribution in [1.29, 1.82) is 0 Å². The summed E-state index contributed by atoms with van der Waals surface area (Å²) in [7, 11) is 0. The van der Waals surface area contributed by atoms with E-state index in [0.717, 1.165) is 24.3 Å². The molecule has 3 heterocycles. The molecule has 1 aliphatic heterocycles. The summed E-state index contributed by atoms with van der Waals surface area (Å²) in [5, 5.41) is 3.42. The summed E-state index contributed by atoms with van der Waals surface area (Å²) in [4.78, 5) is 23.6. The maximum atomic E-state index is 14.1. The Morgan fingerprint density at radius 1 is 1.13 bits per heavy atom. The topological polar surface area (TPSA) is 97.8 Å². The van der Waals surface area contributed by atoms with E-state index in [1.807, 2.05) is 24.3 Å². The van der Waals surface area contributed by atoms with E-state index in [1.165, 1.54) is 16.7 Å². The summed E-state index contributed by atoms with van der Waals surface area (Å²) in [5.41, 5.74) is 8.77. The normalized spacial score (nSPS) is 14.3. The Bertz CT molecular complexity index is 1280. The van der Waals surface area contributed by atoms with Crippen LogP contribution >= 0.6 is 0 Å². The molecule has 0 radical (unpaired) electrons. The van der Waals surface area contributed by atoms with Gasteiger partial charge in [-0.05, 0) is 23.8 Å². The van der Waals surface area contributed by atoms with Crippen LogP contribution in [0.25, 0.3) is 16.6 Å². The third kappa shape index (κ3) is 3.53. The summed E-state index contributed by atoms with van der Waals surface area (Å²) in [6.07, 6.45) is 1.52. The van der Waals surface area contributed by atoms with E-state index in [-0.39, 0.29) is 23.1 Å². The van der Waals surface area contributed by atoms with Crippen molar-refractivity contribution in [2.75, 3.05) is 36.9 Å². The van der Waals surface area contributed by atoms with Crippen LogP contribution in [0.1, 0.15) is 16.1 Å². The Balaban J connectivity index is 1.41. The first-order valence-corrected chi connectivity index (χ1v) is 10.0. The van der Waals surface area contributed by atoms with E-state index in [4.69, 9.17) is 10.5 Å². The Kier molecular flexibility index (Phi) is 4.87. The highest BCUT2D eigenvalue weighted by atomic mass is 19.1. The van der Waals surface area contributed by atoms with Crippen LogP contribution in [-0.2, 0) is 11.3 Å². The number of para-hydroxylation sites is 2. The van der Waals surface area contributed by atoms with Crippen LogP contribution < -0.4 is 16.0 Å². The number of imidazole rings is 1. The largest absolute Gasteiger partial charge is 0.378 e. The first-order valence-electron chi connectivity index (χ1n) is 10.0. The molecule has 8 nitrogen and oxygen atoms in total. The van der Waals surface area contributed by atoms with Gasteiger partial charge in [0.05, 0.1) is 13.2 Å². The third-order valence-corrected chi connectivity index (χ3v) is 5.42. The molecule has 1 saturated heterocycles. The van der Waals surface area contributed by atoms with Gasteiger partial charge in [-0.15, -0.1) is 0 Å². The van der Waals surface area contributed by atoms with E-state index in [1.54, 1.807) is 12.1 Å². The highest BCUT2D eigenvalue weighted by Crippen LogP contribution is 2.24.